The molecule has 2 aromatic rings. The number of aromatic nitrogens is 2. The molecular weight excluding hydrogens is 396 g/mol. The van der Waals surface area contributed by atoms with E-state index in [9.17, 15) is 9.59 Å². The number of nitrogens with zero attached hydrogens (tertiary/aromatic N) is 4. The summed E-state index contributed by atoms with van der Waals surface area (Å²) in [5.41, 5.74) is 1.60. The van der Waals surface area contributed by atoms with Gasteiger partial charge in [0, 0.05) is 31.7 Å². The van der Waals surface area contributed by atoms with Crippen LogP contribution >= 0.6 is 11.6 Å². The summed E-state index contributed by atoms with van der Waals surface area (Å²) in [5.74, 6) is 0.0563. The second kappa shape index (κ2) is 9.56. The van der Waals surface area contributed by atoms with Crippen LogP contribution in [0.5, 0.6) is 0 Å². The van der Waals surface area contributed by atoms with Crippen LogP contribution in [0.25, 0.3) is 0 Å². The lowest BCUT2D eigenvalue weighted by Gasteiger charge is -2.35. The largest absolute Gasteiger partial charge is 0.465 e. The van der Waals surface area contributed by atoms with Crippen molar-refractivity contribution in [2.75, 3.05) is 31.1 Å². The van der Waals surface area contributed by atoms with Crippen LogP contribution in [-0.2, 0) is 16.1 Å². The molecule has 1 aromatic carbocycles. The van der Waals surface area contributed by atoms with Gasteiger partial charge in [-0.3, -0.25) is 4.79 Å². The smallest absolute Gasteiger partial charge is 0.407 e. The Labute approximate surface area is 174 Å². The molecule has 0 spiro atoms. The van der Waals surface area contributed by atoms with E-state index in [1.807, 2.05) is 42.2 Å². The van der Waals surface area contributed by atoms with Crippen molar-refractivity contribution in [1.29, 1.82) is 0 Å². The van der Waals surface area contributed by atoms with Crippen LogP contribution < -0.4 is 4.90 Å². The van der Waals surface area contributed by atoms with Gasteiger partial charge in [0.1, 0.15) is 23.9 Å². The molecule has 154 valence electrons. The zero-order chi connectivity index (χ0) is 20.8. The van der Waals surface area contributed by atoms with Crippen LogP contribution in [0.15, 0.2) is 36.7 Å². The second-order valence-corrected chi connectivity index (χ2v) is 7.27. The summed E-state index contributed by atoms with van der Waals surface area (Å²) in [6.07, 6.45) is 0.591. The highest BCUT2D eigenvalue weighted by molar-refractivity contribution is 6.30. The number of esters is 1. The van der Waals surface area contributed by atoms with E-state index in [-0.39, 0.29) is 24.9 Å². The second-order valence-electron chi connectivity index (χ2n) is 6.91. The van der Waals surface area contributed by atoms with Crippen molar-refractivity contribution in [3.8, 4) is 0 Å². The minimum Gasteiger partial charge on any atom is -0.465 e. The van der Waals surface area contributed by atoms with E-state index in [0.29, 0.717) is 42.7 Å². The monoisotopic (exact) mass is 418 g/mol. The predicted molar refractivity (Wildman–Crippen MR) is 108 cm³/mol. The van der Waals surface area contributed by atoms with Crippen molar-refractivity contribution in [2.24, 2.45) is 0 Å². The van der Waals surface area contributed by atoms with Crippen LogP contribution in [0.4, 0.5) is 10.6 Å². The molecule has 0 bridgehead atoms. The molecule has 1 fully saturated rings. The lowest BCUT2D eigenvalue weighted by atomic mass is 9.99. The third-order valence-corrected chi connectivity index (χ3v) is 5.17. The number of carboxylic acid groups (broad SMARTS) is 1. The van der Waals surface area contributed by atoms with Gasteiger partial charge in [0.2, 0.25) is 0 Å². The average molecular weight is 419 g/mol. The molecular formula is C20H23ClN4O4. The highest BCUT2D eigenvalue weighted by atomic mass is 35.5. The van der Waals surface area contributed by atoms with E-state index in [2.05, 4.69) is 9.97 Å². The highest BCUT2D eigenvalue weighted by Crippen LogP contribution is 2.33. The molecule has 3 rings (SSSR count). The standard InChI is InChI=1S/C20H23ClN4O4/c1-14(11-16(26)29-12-15-5-3-2-4-6-15)17-18(21)22-13-23-19(17)24-7-9-25(10-8-24)20(27)28/h2-6,13-14H,7-12H2,1H3,(H,27,28)/t14-/m1/s1. The molecule has 9 heteroatoms. The Balaban J connectivity index is 1.66. The first-order valence-electron chi connectivity index (χ1n) is 9.38. The normalized spacial score (nSPS) is 15.1. The Hall–Kier alpha value is -2.87. The SMILES string of the molecule is C[C@H](CC(=O)OCc1ccccc1)c1c(Cl)ncnc1N1CCN(C(=O)O)CC1. The zero-order valence-corrected chi connectivity index (χ0v) is 16.9. The number of carbonyl (C=O) groups excluding carboxylic acids is 1. The van der Waals surface area contributed by atoms with Gasteiger partial charge in [0.05, 0.1) is 6.42 Å². The van der Waals surface area contributed by atoms with Crippen molar-refractivity contribution in [1.82, 2.24) is 14.9 Å². The predicted octanol–water partition coefficient (Wildman–Crippen LogP) is 3.17. The number of hydrogen-bond acceptors (Lipinski definition) is 6. The Kier molecular flexibility index (Phi) is 6.87. The summed E-state index contributed by atoms with van der Waals surface area (Å²) < 4.78 is 5.38. The summed E-state index contributed by atoms with van der Waals surface area (Å²) in [6, 6.07) is 9.48. The van der Waals surface area contributed by atoms with Crippen LogP contribution in [0, 0.1) is 0 Å². The number of anilines is 1. The maximum Gasteiger partial charge on any atom is 0.407 e. The van der Waals surface area contributed by atoms with Gasteiger partial charge in [-0.2, -0.15) is 0 Å². The van der Waals surface area contributed by atoms with Gasteiger partial charge in [-0.05, 0) is 11.5 Å². The summed E-state index contributed by atoms with van der Waals surface area (Å²) in [4.78, 5) is 35.2. The molecule has 0 saturated carbocycles. The molecule has 1 N–H and O–H groups in total. The van der Waals surface area contributed by atoms with E-state index in [1.165, 1.54) is 11.2 Å². The Bertz CT molecular complexity index is 857. The number of carbonyl (C=O) groups is 2. The first-order chi connectivity index (χ1) is 14.0. The molecule has 2 heterocycles. The fraction of sp³-hybridized carbons (Fsp3) is 0.400. The van der Waals surface area contributed by atoms with E-state index in [0.717, 1.165) is 5.56 Å². The third-order valence-electron chi connectivity index (χ3n) is 4.87. The quantitative estimate of drug-likeness (QED) is 0.568. The van der Waals surface area contributed by atoms with Crippen LogP contribution in [0.3, 0.4) is 0 Å². The molecule has 1 amide bonds. The molecule has 1 saturated heterocycles. The molecule has 1 atom stereocenters. The average Bonchev–Trinajstić information content (AvgIpc) is 2.72. The lowest BCUT2D eigenvalue weighted by Crippen LogP contribution is -2.49. The number of amides is 1. The van der Waals surface area contributed by atoms with Gasteiger partial charge in [-0.25, -0.2) is 14.8 Å². The topological polar surface area (TPSA) is 95.9 Å². The van der Waals surface area contributed by atoms with Crippen molar-refractivity contribution in [2.45, 2.75) is 25.9 Å². The van der Waals surface area contributed by atoms with E-state index >= 15 is 0 Å². The van der Waals surface area contributed by atoms with Gasteiger partial charge >= 0.3 is 12.1 Å². The maximum atomic E-state index is 12.3. The number of ether oxygens (including phenoxy) is 1. The maximum absolute atomic E-state index is 12.3. The number of rotatable bonds is 6. The summed E-state index contributed by atoms with van der Waals surface area (Å²) >= 11 is 6.34. The first kappa shape index (κ1) is 20.9. The molecule has 0 unspecified atom stereocenters. The van der Waals surface area contributed by atoms with Gasteiger partial charge in [0.25, 0.3) is 0 Å². The third kappa shape index (κ3) is 5.35. The Morgan fingerprint density at radius 1 is 1.17 bits per heavy atom. The molecule has 1 aliphatic heterocycles. The fourth-order valence-corrected chi connectivity index (χ4v) is 3.61. The summed E-state index contributed by atoms with van der Waals surface area (Å²) in [6.45, 7) is 3.85. The minimum atomic E-state index is -0.930. The van der Waals surface area contributed by atoms with Gasteiger partial charge in [0.15, 0.2) is 0 Å². The van der Waals surface area contributed by atoms with Crippen LogP contribution in [0.1, 0.15) is 30.4 Å². The van der Waals surface area contributed by atoms with Crippen molar-refractivity contribution in [3.63, 3.8) is 0 Å². The number of benzene rings is 1. The van der Waals surface area contributed by atoms with Crippen LogP contribution in [0.2, 0.25) is 5.15 Å². The number of hydrogen-bond donors (Lipinski definition) is 1. The van der Waals surface area contributed by atoms with Gasteiger partial charge < -0.3 is 19.6 Å². The van der Waals surface area contributed by atoms with E-state index in [4.69, 9.17) is 21.4 Å². The van der Waals surface area contributed by atoms with Crippen molar-refractivity contribution < 1.29 is 19.4 Å². The zero-order valence-electron chi connectivity index (χ0n) is 16.1. The van der Waals surface area contributed by atoms with Gasteiger partial charge in [-0.15, -0.1) is 0 Å². The van der Waals surface area contributed by atoms with Gasteiger partial charge in [-0.1, -0.05) is 48.9 Å². The number of piperazine rings is 1. The Morgan fingerprint density at radius 2 is 1.86 bits per heavy atom. The molecule has 0 radical (unpaired) electrons. The van der Waals surface area contributed by atoms with Crippen LogP contribution in [-0.4, -0.2) is 58.2 Å². The highest BCUT2D eigenvalue weighted by Gasteiger charge is 2.27. The molecule has 29 heavy (non-hydrogen) atoms. The van der Waals surface area contributed by atoms with E-state index < -0.39 is 6.09 Å². The minimum absolute atomic E-state index is 0.141. The first-order valence-corrected chi connectivity index (χ1v) is 9.76. The van der Waals surface area contributed by atoms with Crippen molar-refractivity contribution >= 4 is 29.5 Å². The lowest BCUT2D eigenvalue weighted by molar-refractivity contribution is -0.145. The fourth-order valence-electron chi connectivity index (χ4n) is 3.30. The molecule has 1 aromatic heterocycles. The van der Waals surface area contributed by atoms with E-state index in [1.54, 1.807) is 0 Å². The summed E-state index contributed by atoms with van der Waals surface area (Å²) in [7, 11) is 0. The molecule has 0 aliphatic carbocycles. The summed E-state index contributed by atoms with van der Waals surface area (Å²) in [5, 5.41) is 9.41. The van der Waals surface area contributed by atoms with Crippen molar-refractivity contribution in [3.05, 3.63) is 52.9 Å². The molecule has 1 aliphatic rings. The molecule has 8 nitrogen and oxygen atoms in total. The number of halogens is 1. The Morgan fingerprint density at radius 3 is 2.52 bits per heavy atom.